The van der Waals surface area contributed by atoms with E-state index < -0.39 is 5.91 Å². The fourth-order valence-corrected chi connectivity index (χ4v) is 3.13. The maximum absolute atomic E-state index is 12.8. The number of ether oxygens (including phenoxy) is 3. The zero-order valence-corrected chi connectivity index (χ0v) is 15.7. The van der Waals surface area contributed by atoms with E-state index in [2.05, 4.69) is 20.3 Å². The first kappa shape index (κ1) is 18.2. The summed E-state index contributed by atoms with van der Waals surface area (Å²) in [6.07, 6.45) is 6.06. The van der Waals surface area contributed by atoms with Crippen LogP contribution in [0.2, 0.25) is 0 Å². The highest BCUT2D eigenvalue weighted by molar-refractivity contribution is 6.03. The van der Waals surface area contributed by atoms with Crippen LogP contribution in [0.5, 0.6) is 11.8 Å². The van der Waals surface area contributed by atoms with Crippen molar-refractivity contribution in [2.24, 2.45) is 0 Å². The number of carbonyl (C=O) groups is 1. The SMILES string of the molecule is CCOc1nc(C(=O)Nc2cccnc2OC)cn2cc([C@@H]3CCOC3)nc12. The van der Waals surface area contributed by atoms with Gasteiger partial charge in [0.1, 0.15) is 11.4 Å². The number of aromatic nitrogens is 4. The number of imidazole rings is 1. The molecule has 1 amide bonds. The van der Waals surface area contributed by atoms with Crippen LogP contribution in [-0.4, -0.2) is 52.2 Å². The third-order valence-corrected chi connectivity index (χ3v) is 4.50. The van der Waals surface area contributed by atoms with Crippen molar-refractivity contribution in [3.63, 3.8) is 0 Å². The van der Waals surface area contributed by atoms with Gasteiger partial charge < -0.3 is 19.5 Å². The molecule has 0 unspecified atom stereocenters. The van der Waals surface area contributed by atoms with Crippen LogP contribution in [-0.2, 0) is 4.74 Å². The Morgan fingerprint density at radius 1 is 1.36 bits per heavy atom. The van der Waals surface area contributed by atoms with Gasteiger partial charge in [0.15, 0.2) is 0 Å². The first-order chi connectivity index (χ1) is 13.7. The fourth-order valence-electron chi connectivity index (χ4n) is 3.13. The number of methoxy groups -OCH3 is 1. The van der Waals surface area contributed by atoms with Crippen molar-refractivity contribution in [2.45, 2.75) is 19.3 Å². The summed E-state index contributed by atoms with van der Waals surface area (Å²) < 4.78 is 18.1. The van der Waals surface area contributed by atoms with Gasteiger partial charge in [-0.1, -0.05) is 0 Å². The molecule has 1 saturated heterocycles. The van der Waals surface area contributed by atoms with Crippen LogP contribution in [0.25, 0.3) is 5.65 Å². The quantitative estimate of drug-likeness (QED) is 0.697. The molecule has 0 radical (unpaired) electrons. The molecule has 4 heterocycles. The van der Waals surface area contributed by atoms with Crippen LogP contribution in [0.4, 0.5) is 5.69 Å². The lowest BCUT2D eigenvalue weighted by Gasteiger charge is -2.10. The number of fused-ring (bicyclic) bond motifs is 1. The number of nitrogens with one attached hydrogen (secondary N) is 1. The van der Waals surface area contributed by atoms with Gasteiger partial charge in [0.2, 0.25) is 11.5 Å². The molecule has 9 nitrogen and oxygen atoms in total. The van der Waals surface area contributed by atoms with Crippen molar-refractivity contribution in [3.8, 4) is 11.8 Å². The van der Waals surface area contributed by atoms with E-state index in [1.807, 2.05) is 13.1 Å². The molecule has 0 spiro atoms. The lowest BCUT2D eigenvalue weighted by Crippen LogP contribution is -2.16. The number of pyridine rings is 1. The average molecular weight is 383 g/mol. The second-order valence-corrected chi connectivity index (χ2v) is 6.34. The molecule has 146 valence electrons. The zero-order valence-electron chi connectivity index (χ0n) is 15.7. The van der Waals surface area contributed by atoms with E-state index in [-0.39, 0.29) is 11.6 Å². The summed E-state index contributed by atoms with van der Waals surface area (Å²) in [5.41, 5.74) is 2.16. The van der Waals surface area contributed by atoms with Crippen molar-refractivity contribution in [1.82, 2.24) is 19.4 Å². The van der Waals surface area contributed by atoms with E-state index in [9.17, 15) is 4.79 Å². The molecule has 9 heteroatoms. The summed E-state index contributed by atoms with van der Waals surface area (Å²) in [6.45, 7) is 3.66. The first-order valence-corrected chi connectivity index (χ1v) is 9.10. The van der Waals surface area contributed by atoms with Gasteiger partial charge in [0.25, 0.3) is 11.8 Å². The van der Waals surface area contributed by atoms with Crippen molar-refractivity contribution < 1.29 is 19.0 Å². The standard InChI is InChI=1S/C19H21N5O4/c1-3-28-19-16-21-14(12-6-8-27-11-12)9-24(16)10-15(23-19)17(25)22-13-5-4-7-20-18(13)26-2/h4-5,7,9-10,12H,3,6,8,11H2,1-2H3,(H,22,25)/t12-/m1/s1. The Labute approximate surface area is 161 Å². The number of anilines is 1. The number of hydrogen-bond acceptors (Lipinski definition) is 7. The molecule has 4 rings (SSSR count). The van der Waals surface area contributed by atoms with E-state index in [4.69, 9.17) is 14.2 Å². The summed E-state index contributed by atoms with van der Waals surface area (Å²) in [7, 11) is 1.50. The highest BCUT2D eigenvalue weighted by Gasteiger charge is 2.23. The number of hydrogen-bond donors (Lipinski definition) is 1. The molecule has 28 heavy (non-hydrogen) atoms. The maximum Gasteiger partial charge on any atom is 0.276 e. The summed E-state index contributed by atoms with van der Waals surface area (Å²) in [5, 5.41) is 2.78. The van der Waals surface area contributed by atoms with Gasteiger partial charge in [0, 0.05) is 31.1 Å². The van der Waals surface area contributed by atoms with Crippen LogP contribution in [0.3, 0.4) is 0 Å². The molecule has 1 aliphatic rings. The highest BCUT2D eigenvalue weighted by Crippen LogP contribution is 2.27. The number of rotatable bonds is 6. The number of amides is 1. The molecule has 3 aromatic heterocycles. The first-order valence-electron chi connectivity index (χ1n) is 9.10. The van der Waals surface area contributed by atoms with Gasteiger partial charge in [-0.3, -0.25) is 9.20 Å². The molecule has 1 N–H and O–H groups in total. The molecular formula is C19H21N5O4. The lowest BCUT2D eigenvalue weighted by molar-refractivity contribution is 0.102. The Kier molecular flexibility index (Phi) is 5.07. The third-order valence-electron chi connectivity index (χ3n) is 4.50. The van der Waals surface area contributed by atoms with E-state index in [1.165, 1.54) is 7.11 Å². The summed E-state index contributed by atoms with van der Waals surface area (Å²) in [5.74, 6) is 0.492. The minimum atomic E-state index is -0.395. The second kappa shape index (κ2) is 7.81. The third kappa shape index (κ3) is 3.48. The number of nitrogens with zero attached hydrogens (tertiary/aromatic N) is 4. The lowest BCUT2D eigenvalue weighted by atomic mass is 10.1. The van der Waals surface area contributed by atoms with Gasteiger partial charge in [-0.05, 0) is 25.5 Å². The van der Waals surface area contributed by atoms with Crippen LogP contribution in [0.15, 0.2) is 30.7 Å². The van der Waals surface area contributed by atoms with Crippen LogP contribution < -0.4 is 14.8 Å². The second-order valence-electron chi connectivity index (χ2n) is 6.34. The zero-order chi connectivity index (χ0) is 19.5. The Morgan fingerprint density at radius 3 is 3.00 bits per heavy atom. The summed E-state index contributed by atoms with van der Waals surface area (Å²) in [6, 6.07) is 3.42. The minimum absolute atomic E-state index is 0.202. The average Bonchev–Trinajstić information content (AvgIpc) is 3.38. The van der Waals surface area contributed by atoms with Gasteiger partial charge in [-0.2, -0.15) is 0 Å². The molecular weight excluding hydrogens is 362 g/mol. The fraction of sp³-hybridized carbons (Fsp3) is 0.368. The van der Waals surface area contributed by atoms with E-state index >= 15 is 0 Å². The molecule has 1 atom stereocenters. The minimum Gasteiger partial charge on any atom is -0.480 e. The van der Waals surface area contributed by atoms with Gasteiger partial charge in [-0.15, -0.1) is 0 Å². The Hall–Kier alpha value is -3.20. The molecule has 0 bridgehead atoms. The molecule has 0 saturated carbocycles. The Morgan fingerprint density at radius 2 is 2.25 bits per heavy atom. The molecule has 1 fully saturated rings. The van der Waals surface area contributed by atoms with Gasteiger partial charge in [0.05, 0.1) is 26.0 Å². The van der Waals surface area contributed by atoms with E-state index in [1.54, 1.807) is 28.9 Å². The van der Waals surface area contributed by atoms with Crippen LogP contribution in [0, 0.1) is 0 Å². The van der Waals surface area contributed by atoms with Crippen LogP contribution >= 0.6 is 0 Å². The predicted octanol–water partition coefficient (Wildman–Crippen LogP) is 2.29. The van der Waals surface area contributed by atoms with E-state index in [0.29, 0.717) is 36.3 Å². The summed E-state index contributed by atoms with van der Waals surface area (Å²) in [4.78, 5) is 25.9. The molecule has 0 aliphatic carbocycles. The molecule has 3 aromatic rings. The highest BCUT2D eigenvalue weighted by atomic mass is 16.5. The Balaban J connectivity index is 1.68. The van der Waals surface area contributed by atoms with E-state index in [0.717, 1.165) is 18.7 Å². The van der Waals surface area contributed by atoms with Crippen molar-refractivity contribution >= 4 is 17.2 Å². The number of carbonyl (C=O) groups excluding carboxylic acids is 1. The van der Waals surface area contributed by atoms with Gasteiger partial charge >= 0.3 is 0 Å². The largest absolute Gasteiger partial charge is 0.480 e. The topological polar surface area (TPSA) is 99.9 Å². The smallest absolute Gasteiger partial charge is 0.276 e. The monoisotopic (exact) mass is 383 g/mol. The van der Waals surface area contributed by atoms with Crippen LogP contribution in [0.1, 0.15) is 35.4 Å². The van der Waals surface area contributed by atoms with Crippen molar-refractivity contribution in [2.75, 3.05) is 32.2 Å². The predicted molar refractivity (Wildman–Crippen MR) is 101 cm³/mol. The van der Waals surface area contributed by atoms with Crippen molar-refractivity contribution in [3.05, 3.63) is 42.1 Å². The summed E-state index contributed by atoms with van der Waals surface area (Å²) >= 11 is 0. The molecule has 1 aliphatic heterocycles. The molecule has 0 aromatic carbocycles. The normalized spacial score (nSPS) is 16.3. The Bertz CT molecular complexity index is 997. The van der Waals surface area contributed by atoms with Crippen molar-refractivity contribution in [1.29, 1.82) is 0 Å². The maximum atomic E-state index is 12.8. The van der Waals surface area contributed by atoms with Gasteiger partial charge in [-0.25, -0.2) is 15.0 Å².